The minimum atomic E-state index is 1.14. The van der Waals surface area contributed by atoms with Gasteiger partial charge in [0.15, 0.2) is 0 Å². The van der Waals surface area contributed by atoms with E-state index in [1.165, 1.54) is 98.4 Å². The fourth-order valence-corrected chi connectivity index (χ4v) is 10.8. The lowest BCUT2D eigenvalue weighted by atomic mass is 10.0. The zero-order valence-electron chi connectivity index (χ0n) is 34.7. The fourth-order valence-electron chi connectivity index (χ4n) is 10.8. The Morgan fingerprint density at radius 3 is 0.859 bits per heavy atom. The van der Waals surface area contributed by atoms with E-state index in [9.17, 15) is 0 Å². The van der Waals surface area contributed by atoms with Gasteiger partial charge in [-0.3, -0.25) is 0 Å². The molecule has 0 atom stereocenters. The summed E-state index contributed by atoms with van der Waals surface area (Å²) in [5.74, 6) is 0. The molecule has 4 heteroatoms. The first-order valence-electron chi connectivity index (χ1n) is 22.0. The number of para-hydroxylation sites is 6. The Balaban J connectivity index is 0.930. The first-order chi connectivity index (χ1) is 31.8. The maximum absolute atomic E-state index is 2.44. The van der Waals surface area contributed by atoms with Gasteiger partial charge in [0.1, 0.15) is 0 Å². The van der Waals surface area contributed by atoms with E-state index in [0.29, 0.717) is 0 Å². The van der Waals surface area contributed by atoms with Crippen molar-refractivity contribution in [2.75, 3.05) is 0 Å². The second kappa shape index (κ2) is 13.4. The Labute approximate surface area is 368 Å². The van der Waals surface area contributed by atoms with Crippen molar-refractivity contribution >= 4 is 87.2 Å². The summed E-state index contributed by atoms with van der Waals surface area (Å²) in [4.78, 5) is 0. The highest BCUT2D eigenvalue weighted by molar-refractivity contribution is 6.15. The van der Waals surface area contributed by atoms with Gasteiger partial charge in [-0.25, -0.2) is 0 Å². The van der Waals surface area contributed by atoms with Crippen LogP contribution in [0.4, 0.5) is 0 Å². The van der Waals surface area contributed by atoms with Crippen LogP contribution in [0.15, 0.2) is 231 Å². The van der Waals surface area contributed by atoms with E-state index in [-0.39, 0.29) is 0 Å². The summed E-state index contributed by atoms with van der Waals surface area (Å²) in [7, 11) is 0. The van der Waals surface area contributed by atoms with Crippen LogP contribution < -0.4 is 0 Å². The summed E-state index contributed by atoms with van der Waals surface area (Å²) < 4.78 is 9.67. The SMILES string of the molecule is c1ccc(-n2c3ccccc3c3ccc(-n4c5ccccc5c5cc(-c6ccc7c(c6)c6ccccc6n7-c6ccc7c8ccccc8n(-c8ccccc8)c7c6)ccc54)cc32)cc1. The predicted molar refractivity (Wildman–Crippen MR) is 269 cm³/mol. The largest absolute Gasteiger partial charge is 0.309 e. The highest BCUT2D eigenvalue weighted by atomic mass is 15.0. The van der Waals surface area contributed by atoms with E-state index >= 15 is 0 Å². The van der Waals surface area contributed by atoms with Gasteiger partial charge < -0.3 is 18.3 Å². The summed E-state index contributed by atoms with van der Waals surface area (Å²) in [5, 5.41) is 9.97. The molecule has 0 aliphatic heterocycles. The lowest BCUT2D eigenvalue weighted by molar-refractivity contribution is 1.15. The van der Waals surface area contributed by atoms with E-state index in [0.717, 1.165) is 22.7 Å². The molecule has 298 valence electrons. The van der Waals surface area contributed by atoms with Gasteiger partial charge in [0.2, 0.25) is 0 Å². The molecule has 0 bridgehead atoms. The zero-order chi connectivity index (χ0) is 41.9. The predicted octanol–water partition coefficient (Wildman–Crippen LogP) is 15.7. The van der Waals surface area contributed by atoms with Crippen LogP contribution >= 0.6 is 0 Å². The molecule has 0 spiro atoms. The first-order valence-corrected chi connectivity index (χ1v) is 22.0. The minimum absolute atomic E-state index is 1.14. The molecular formula is C60H38N4. The van der Waals surface area contributed by atoms with Crippen molar-refractivity contribution in [3.05, 3.63) is 231 Å². The van der Waals surface area contributed by atoms with Crippen LogP contribution in [0.25, 0.3) is 121 Å². The summed E-state index contributed by atoms with van der Waals surface area (Å²) in [6.07, 6.45) is 0. The van der Waals surface area contributed by atoms with Crippen LogP contribution in [-0.2, 0) is 0 Å². The van der Waals surface area contributed by atoms with Gasteiger partial charge in [0.25, 0.3) is 0 Å². The second-order valence-electron chi connectivity index (χ2n) is 16.9. The van der Waals surface area contributed by atoms with Crippen LogP contribution in [0.3, 0.4) is 0 Å². The van der Waals surface area contributed by atoms with Crippen molar-refractivity contribution < 1.29 is 0 Å². The average Bonchev–Trinajstić information content (AvgIpc) is 4.08. The number of nitrogens with zero attached hydrogens (tertiary/aromatic N) is 4. The van der Waals surface area contributed by atoms with Crippen molar-refractivity contribution in [3.8, 4) is 33.9 Å². The number of benzene rings is 10. The van der Waals surface area contributed by atoms with E-state index in [2.05, 4.69) is 249 Å². The van der Waals surface area contributed by atoms with Gasteiger partial charge in [-0.2, -0.15) is 0 Å². The molecule has 4 nitrogen and oxygen atoms in total. The summed E-state index contributed by atoms with van der Waals surface area (Å²) >= 11 is 0. The third-order valence-corrected chi connectivity index (χ3v) is 13.5. The quantitative estimate of drug-likeness (QED) is 0.165. The average molecular weight is 815 g/mol. The Bertz CT molecular complexity index is 3910. The zero-order valence-corrected chi connectivity index (χ0v) is 34.7. The standard InChI is InChI=1S/C60H38N4/c1-3-15-41(16-4-1)61-53-23-11-7-19-45(53)49-31-29-43(37-59(49)61)63-55-25-13-9-21-47(55)51-35-39(27-33-57(51)63)40-28-34-58-52(36-40)48-22-10-14-26-56(48)64(58)44-30-32-50-46-20-8-12-24-54(46)62(60(50)38-44)42-17-5-2-6-18-42/h1-38H. The molecule has 4 heterocycles. The molecule has 0 aliphatic carbocycles. The Morgan fingerprint density at radius 1 is 0.172 bits per heavy atom. The molecule has 0 aliphatic rings. The molecule has 14 aromatic rings. The van der Waals surface area contributed by atoms with Crippen molar-refractivity contribution in [1.82, 2.24) is 18.3 Å². The highest BCUT2D eigenvalue weighted by Gasteiger charge is 2.20. The minimum Gasteiger partial charge on any atom is -0.309 e. The lowest BCUT2D eigenvalue weighted by Crippen LogP contribution is -1.97. The van der Waals surface area contributed by atoms with E-state index in [4.69, 9.17) is 0 Å². The summed E-state index contributed by atoms with van der Waals surface area (Å²) in [6, 6.07) is 84.5. The summed E-state index contributed by atoms with van der Waals surface area (Å²) in [6.45, 7) is 0. The Hall–Kier alpha value is -8.60. The molecule has 64 heavy (non-hydrogen) atoms. The maximum atomic E-state index is 2.44. The molecule has 0 saturated carbocycles. The monoisotopic (exact) mass is 814 g/mol. The van der Waals surface area contributed by atoms with E-state index in [1.807, 2.05) is 0 Å². The second-order valence-corrected chi connectivity index (χ2v) is 16.9. The van der Waals surface area contributed by atoms with Crippen LogP contribution in [-0.4, -0.2) is 18.3 Å². The first kappa shape index (κ1) is 35.0. The molecular weight excluding hydrogens is 777 g/mol. The van der Waals surface area contributed by atoms with E-state index < -0.39 is 0 Å². The van der Waals surface area contributed by atoms with Crippen molar-refractivity contribution in [3.63, 3.8) is 0 Å². The topological polar surface area (TPSA) is 19.7 Å². The third kappa shape index (κ3) is 4.99. The van der Waals surface area contributed by atoms with Crippen LogP contribution in [0.5, 0.6) is 0 Å². The molecule has 0 radical (unpaired) electrons. The molecule has 0 N–H and O–H groups in total. The van der Waals surface area contributed by atoms with Gasteiger partial charge in [-0.1, -0.05) is 133 Å². The molecule has 0 unspecified atom stereocenters. The fraction of sp³-hybridized carbons (Fsp3) is 0. The van der Waals surface area contributed by atoms with Crippen LogP contribution in [0.1, 0.15) is 0 Å². The molecule has 10 aromatic carbocycles. The third-order valence-electron chi connectivity index (χ3n) is 13.5. The van der Waals surface area contributed by atoms with Crippen molar-refractivity contribution in [1.29, 1.82) is 0 Å². The van der Waals surface area contributed by atoms with Gasteiger partial charge in [0.05, 0.1) is 44.1 Å². The number of aromatic nitrogens is 4. The van der Waals surface area contributed by atoms with Crippen molar-refractivity contribution in [2.45, 2.75) is 0 Å². The van der Waals surface area contributed by atoms with Gasteiger partial charge in [-0.15, -0.1) is 0 Å². The van der Waals surface area contributed by atoms with Gasteiger partial charge in [-0.05, 0) is 108 Å². The number of fused-ring (bicyclic) bond motifs is 12. The number of rotatable bonds is 5. The maximum Gasteiger partial charge on any atom is 0.0561 e. The molecule has 14 rings (SSSR count). The normalized spacial score (nSPS) is 12.1. The summed E-state index contributed by atoms with van der Waals surface area (Å²) in [5.41, 5.74) is 16.6. The Morgan fingerprint density at radius 2 is 0.469 bits per heavy atom. The molecule has 0 saturated heterocycles. The number of hydrogen-bond donors (Lipinski definition) is 0. The van der Waals surface area contributed by atoms with E-state index in [1.54, 1.807) is 0 Å². The van der Waals surface area contributed by atoms with Crippen molar-refractivity contribution in [2.24, 2.45) is 0 Å². The highest BCUT2D eigenvalue weighted by Crippen LogP contribution is 2.41. The molecule has 4 aromatic heterocycles. The van der Waals surface area contributed by atoms with Crippen LogP contribution in [0, 0.1) is 0 Å². The molecule has 0 amide bonds. The number of hydrogen-bond acceptors (Lipinski definition) is 0. The molecule has 0 fully saturated rings. The lowest BCUT2D eigenvalue weighted by Gasteiger charge is -2.12. The smallest absolute Gasteiger partial charge is 0.0561 e. The Kier molecular flexibility index (Phi) is 7.36. The van der Waals surface area contributed by atoms with Crippen LogP contribution in [0.2, 0.25) is 0 Å². The van der Waals surface area contributed by atoms with Gasteiger partial charge >= 0.3 is 0 Å². The van der Waals surface area contributed by atoms with Gasteiger partial charge in [0, 0.05) is 65.8 Å².